The summed E-state index contributed by atoms with van der Waals surface area (Å²) in [7, 11) is 0. The lowest BCUT2D eigenvalue weighted by atomic mass is 10.1. The van der Waals surface area contributed by atoms with Crippen molar-refractivity contribution >= 4 is 6.29 Å². The molecule has 0 fully saturated rings. The molecule has 0 heterocycles. The Hall–Kier alpha value is -0.670. The van der Waals surface area contributed by atoms with Crippen molar-refractivity contribution in [2.75, 3.05) is 13.1 Å². The third-order valence-corrected chi connectivity index (χ3v) is 1.74. The lowest BCUT2D eigenvalue weighted by Crippen LogP contribution is -2.22. The molecule has 0 rings (SSSR count). The second kappa shape index (κ2) is 7.95. The Balaban J connectivity index is 3.08. The zero-order valence-corrected chi connectivity index (χ0v) is 8.38. The van der Waals surface area contributed by atoms with E-state index in [1.54, 1.807) is 0 Å². The summed E-state index contributed by atoms with van der Waals surface area (Å²) in [4.78, 5) is 10.2. The maximum Gasteiger partial charge on any atom is 0.136 e. The maximum absolute atomic E-state index is 10.2. The highest BCUT2D eigenvalue weighted by Gasteiger charge is 1.98. The van der Waals surface area contributed by atoms with Gasteiger partial charge in [-0.1, -0.05) is 18.6 Å². The van der Waals surface area contributed by atoms with Crippen LogP contribution < -0.4 is 11.1 Å². The molecule has 0 aromatic heterocycles. The molecule has 0 saturated heterocycles. The molecule has 76 valence electrons. The van der Waals surface area contributed by atoms with Crippen molar-refractivity contribution in [3.63, 3.8) is 0 Å². The molecule has 3 nitrogen and oxygen atoms in total. The number of hydrogen-bond donors (Lipinski definition) is 2. The molecule has 0 saturated carbocycles. The van der Waals surface area contributed by atoms with Crippen molar-refractivity contribution in [1.29, 1.82) is 0 Å². The molecule has 0 aliphatic rings. The van der Waals surface area contributed by atoms with E-state index in [2.05, 4.69) is 11.9 Å². The third-order valence-electron chi connectivity index (χ3n) is 1.74. The number of nitrogens with two attached hydrogens (primary N) is 1. The first-order valence-electron chi connectivity index (χ1n) is 4.72. The Bertz CT molecular complexity index is 157. The van der Waals surface area contributed by atoms with Crippen LogP contribution in [0.4, 0.5) is 0 Å². The van der Waals surface area contributed by atoms with Crippen molar-refractivity contribution in [2.24, 2.45) is 5.73 Å². The van der Waals surface area contributed by atoms with Crippen LogP contribution in [0.15, 0.2) is 12.2 Å². The first-order valence-corrected chi connectivity index (χ1v) is 4.72. The van der Waals surface area contributed by atoms with Gasteiger partial charge in [0.25, 0.3) is 0 Å². The van der Waals surface area contributed by atoms with Crippen LogP contribution in [0, 0.1) is 0 Å². The fourth-order valence-corrected chi connectivity index (χ4v) is 1.000. The SMILES string of the molecule is C=C(C)CNCCCCC(N)C=O. The number of unbranched alkanes of at least 4 members (excludes halogenated alkanes) is 1. The van der Waals surface area contributed by atoms with Gasteiger partial charge in [-0.15, -0.1) is 0 Å². The molecule has 0 aromatic rings. The minimum atomic E-state index is -0.277. The van der Waals surface area contributed by atoms with Crippen LogP contribution >= 0.6 is 0 Å². The topological polar surface area (TPSA) is 55.1 Å². The second-order valence-electron chi connectivity index (χ2n) is 3.43. The van der Waals surface area contributed by atoms with Crippen LogP contribution in [0.1, 0.15) is 26.2 Å². The molecule has 0 spiro atoms. The van der Waals surface area contributed by atoms with Crippen LogP contribution in [-0.2, 0) is 4.79 Å². The van der Waals surface area contributed by atoms with E-state index in [1.165, 1.54) is 0 Å². The zero-order valence-electron chi connectivity index (χ0n) is 8.38. The van der Waals surface area contributed by atoms with E-state index in [-0.39, 0.29) is 6.04 Å². The van der Waals surface area contributed by atoms with Gasteiger partial charge in [0.15, 0.2) is 0 Å². The Kier molecular flexibility index (Phi) is 7.54. The molecule has 0 aromatic carbocycles. The van der Waals surface area contributed by atoms with Gasteiger partial charge in [0, 0.05) is 6.54 Å². The Morgan fingerprint density at radius 3 is 2.85 bits per heavy atom. The average molecular weight is 184 g/mol. The summed E-state index contributed by atoms with van der Waals surface area (Å²) in [6.07, 6.45) is 3.66. The molecule has 13 heavy (non-hydrogen) atoms. The van der Waals surface area contributed by atoms with Gasteiger partial charge in [-0.05, 0) is 26.3 Å². The van der Waals surface area contributed by atoms with E-state index in [9.17, 15) is 4.79 Å². The minimum Gasteiger partial charge on any atom is -0.322 e. The quantitative estimate of drug-likeness (QED) is 0.334. The first-order chi connectivity index (χ1) is 6.16. The van der Waals surface area contributed by atoms with Crippen LogP contribution in [0.3, 0.4) is 0 Å². The number of carbonyl (C=O) groups excluding carboxylic acids is 1. The average Bonchev–Trinajstić information content (AvgIpc) is 2.10. The van der Waals surface area contributed by atoms with E-state index in [0.717, 1.165) is 44.2 Å². The molecule has 0 bridgehead atoms. The summed E-state index contributed by atoms with van der Waals surface area (Å²) in [5.74, 6) is 0. The number of rotatable bonds is 8. The molecule has 1 unspecified atom stereocenters. The van der Waals surface area contributed by atoms with E-state index in [1.807, 2.05) is 6.92 Å². The van der Waals surface area contributed by atoms with Gasteiger partial charge in [-0.2, -0.15) is 0 Å². The van der Waals surface area contributed by atoms with Crippen molar-refractivity contribution in [3.05, 3.63) is 12.2 Å². The fraction of sp³-hybridized carbons (Fsp3) is 0.700. The van der Waals surface area contributed by atoms with Crippen LogP contribution in [-0.4, -0.2) is 25.4 Å². The summed E-state index contributed by atoms with van der Waals surface area (Å²) in [5.41, 5.74) is 6.58. The van der Waals surface area contributed by atoms with Crippen molar-refractivity contribution in [3.8, 4) is 0 Å². The van der Waals surface area contributed by atoms with Crippen LogP contribution in [0.25, 0.3) is 0 Å². The molecule has 0 aliphatic heterocycles. The highest BCUT2D eigenvalue weighted by molar-refractivity contribution is 5.56. The van der Waals surface area contributed by atoms with Crippen molar-refractivity contribution in [1.82, 2.24) is 5.32 Å². The maximum atomic E-state index is 10.2. The van der Waals surface area contributed by atoms with Gasteiger partial charge in [0.1, 0.15) is 6.29 Å². The molecular formula is C10H20N2O. The van der Waals surface area contributed by atoms with Gasteiger partial charge < -0.3 is 15.8 Å². The number of nitrogens with one attached hydrogen (secondary N) is 1. The highest BCUT2D eigenvalue weighted by Crippen LogP contribution is 1.96. The van der Waals surface area contributed by atoms with Gasteiger partial charge in [0.05, 0.1) is 6.04 Å². The summed E-state index contributed by atoms with van der Waals surface area (Å²) >= 11 is 0. The van der Waals surface area contributed by atoms with Gasteiger partial charge >= 0.3 is 0 Å². The predicted octanol–water partition coefficient (Wildman–Crippen LogP) is 0.849. The fourth-order valence-electron chi connectivity index (χ4n) is 1.000. The molecule has 3 N–H and O–H groups in total. The van der Waals surface area contributed by atoms with Crippen molar-refractivity contribution < 1.29 is 4.79 Å². The molecule has 0 amide bonds. The first kappa shape index (κ1) is 12.3. The highest BCUT2D eigenvalue weighted by atomic mass is 16.1. The standard InChI is InChI=1S/C10H20N2O/c1-9(2)7-12-6-4-3-5-10(11)8-13/h8,10,12H,1,3-7,11H2,2H3. The molecular weight excluding hydrogens is 164 g/mol. The van der Waals surface area contributed by atoms with E-state index >= 15 is 0 Å². The Morgan fingerprint density at radius 1 is 1.62 bits per heavy atom. The van der Waals surface area contributed by atoms with Crippen LogP contribution in [0.5, 0.6) is 0 Å². The minimum absolute atomic E-state index is 0.277. The molecule has 0 radical (unpaired) electrons. The predicted molar refractivity (Wildman–Crippen MR) is 55.6 cm³/mol. The monoisotopic (exact) mass is 184 g/mol. The van der Waals surface area contributed by atoms with E-state index < -0.39 is 0 Å². The van der Waals surface area contributed by atoms with Crippen molar-refractivity contribution in [2.45, 2.75) is 32.2 Å². The van der Waals surface area contributed by atoms with Gasteiger partial charge in [0.2, 0.25) is 0 Å². The number of hydrogen-bond acceptors (Lipinski definition) is 3. The summed E-state index contributed by atoms with van der Waals surface area (Å²) in [6, 6.07) is -0.277. The number of carbonyl (C=O) groups is 1. The second-order valence-corrected chi connectivity index (χ2v) is 3.43. The van der Waals surface area contributed by atoms with Gasteiger partial charge in [-0.25, -0.2) is 0 Å². The smallest absolute Gasteiger partial charge is 0.136 e. The van der Waals surface area contributed by atoms with Crippen LogP contribution in [0.2, 0.25) is 0 Å². The van der Waals surface area contributed by atoms with E-state index in [4.69, 9.17) is 5.73 Å². The molecule has 1 atom stereocenters. The lowest BCUT2D eigenvalue weighted by molar-refractivity contribution is -0.109. The molecule has 3 heteroatoms. The summed E-state index contributed by atoms with van der Waals surface area (Å²) in [5, 5.41) is 3.25. The Morgan fingerprint density at radius 2 is 2.31 bits per heavy atom. The lowest BCUT2D eigenvalue weighted by Gasteiger charge is -2.05. The molecule has 0 aliphatic carbocycles. The summed E-state index contributed by atoms with van der Waals surface area (Å²) < 4.78 is 0. The van der Waals surface area contributed by atoms with Gasteiger partial charge in [-0.3, -0.25) is 0 Å². The Labute approximate surface area is 80.4 Å². The third kappa shape index (κ3) is 9.24. The zero-order chi connectivity index (χ0) is 10.1. The normalized spacial score (nSPS) is 12.5. The number of aldehydes is 1. The summed E-state index contributed by atoms with van der Waals surface area (Å²) in [6.45, 7) is 7.63. The largest absolute Gasteiger partial charge is 0.322 e. The van der Waals surface area contributed by atoms with E-state index in [0.29, 0.717) is 0 Å².